The van der Waals surface area contributed by atoms with Gasteiger partial charge < -0.3 is 5.11 Å². The topological polar surface area (TPSA) is 32.3 Å². The Morgan fingerprint density at radius 2 is 1.19 bits per heavy atom. The third-order valence-corrected chi connectivity index (χ3v) is 4.86. The van der Waals surface area contributed by atoms with Crippen LogP contribution in [0.3, 0.4) is 0 Å². The molecule has 0 aliphatic rings. The van der Waals surface area contributed by atoms with Gasteiger partial charge in [0.2, 0.25) is 0 Å². The lowest BCUT2D eigenvalue weighted by molar-refractivity contribution is 0.262. The van der Waals surface area contributed by atoms with Gasteiger partial charge in [-0.05, 0) is 22.6 Å². The summed E-state index contributed by atoms with van der Waals surface area (Å²) in [5.74, 6) is 0.159. The molecule has 0 heterocycles. The molecule has 3 rings (SSSR count). The molecule has 3 aromatic carbocycles. The number of hydrogen-bond acceptors (Lipinski definition) is 2. The number of rotatable bonds is 8. The molecule has 0 fully saturated rings. The van der Waals surface area contributed by atoms with Crippen LogP contribution < -0.4 is 5.32 Å². The fourth-order valence-corrected chi connectivity index (χ4v) is 3.44. The summed E-state index contributed by atoms with van der Waals surface area (Å²) < 4.78 is 0. The fraction of sp³-hybridized carbons (Fsp3) is 0.200. The van der Waals surface area contributed by atoms with Gasteiger partial charge in [0.05, 0.1) is 5.54 Å². The number of nitrogens with one attached hydrogen (secondary N) is 1. The van der Waals surface area contributed by atoms with Gasteiger partial charge in [0.15, 0.2) is 0 Å². The summed E-state index contributed by atoms with van der Waals surface area (Å²) in [6, 6.07) is 31.7. The Hall–Kier alpha value is -2.68. The Balaban J connectivity index is 2.10. The maximum absolute atomic E-state index is 9.26. The first kappa shape index (κ1) is 19.1. The highest BCUT2D eigenvalue weighted by Gasteiger charge is 2.35. The molecule has 2 N–H and O–H groups in total. The van der Waals surface area contributed by atoms with E-state index in [2.05, 4.69) is 90.3 Å². The Morgan fingerprint density at radius 3 is 1.56 bits per heavy atom. The smallest absolute Gasteiger partial charge is 0.0950 e. The van der Waals surface area contributed by atoms with Crippen LogP contribution in [-0.2, 0) is 5.54 Å². The van der Waals surface area contributed by atoms with E-state index in [9.17, 15) is 5.11 Å². The summed E-state index contributed by atoms with van der Waals surface area (Å²) >= 11 is 0. The van der Waals surface area contributed by atoms with Crippen molar-refractivity contribution in [2.24, 2.45) is 5.92 Å². The molecule has 0 aliphatic carbocycles. The molecule has 0 amide bonds. The van der Waals surface area contributed by atoms with E-state index in [0.29, 0.717) is 6.54 Å². The van der Waals surface area contributed by atoms with Gasteiger partial charge in [0.25, 0.3) is 0 Å². The van der Waals surface area contributed by atoms with Gasteiger partial charge in [0, 0.05) is 13.2 Å². The second-order valence-electron chi connectivity index (χ2n) is 6.82. The zero-order valence-electron chi connectivity index (χ0n) is 15.8. The van der Waals surface area contributed by atoms with Gasteiger partial charge in [0.1, 0.15) is 0 Å². The lowest BCUT2D eigenvalue weighted by Crippen LogP contribution is -2.44. The van der Waals surface area contributed by atoms with E-state index in [1.165, 1.54) is 16.7 Å². The highest BCUT2D eigenvalue weighted by Crippen LogP contribution is 2.36. The van der Waals surface area contributed by atoms with Crippen molar-refractivity contribution in [1.29, 1.82) is 0 Å². The Labute approximate surface area is 162 Å². The molecule has 1 atom stereocenters. The number of hydrogen-bond donors (Lipinski definition) is 2. The predicted molar refractivity (Wildman–Crippen MR) is 113 cm³/mol. The summed E-state index contributed by atoms with van der Waals surface area (Å²) in [6.07, 6.45) is 4.16. The first-order chi connectivity index (χ1) is 13.3. The van der Waals surface area contributed by atoms with E-state index >= 15 is 0 Å². The Bertz CT molecular complexity index is 731. The summed E-state index contributed by atoms with van der Waals surface area (Å²) in [6.45, 7) is 2.87. The van der Waals surface area contributed by atoms with Crippen molar-refractivity contribution < 1.29 is 5.11 Å². The summed E-state index contributed by atoms with van der Waals surface area (Å²) in [5, 5.41) is 13.0. The van der Waals surface area contributed by atoms with Crippen LogP contribution in [0.5, 0.6) is 0 Å². The third kappa shape index (κ3) is 4.36. The molecule has 3 aromatic rings. The molecule has 27 heavy (non-hydrogen) atoms. The second-order valence-corrected chi connectivity index (χ2v) is 6.82. The molecule has 1 unspecified atom stereocenters. The number of benzene rings is 3. The van der Waals surface area contributed by atoms with E-state index in [-0.39, 0.29) is 12.5 Å². The average Bonchev–Trinajstić information content (AvgIpc) is 2.75. The summed E-state index contributed by atoms with van der Waals surface area (Å²) in [5.41, 5.74) is 3.15. The van der Waals surface area contributed by atoms with Crippen LogP contribution in [0, 0.1) is 5.92 Å². The van der Waals surface area contributed by atoms with Crippen molar-refractivity contribution >= 4 is 0 Å². The molecule has 0 saturated heterocycles. The minimum atomic E-state index is -0.448. The van der Waals surface area contributed by atoms with Crippen molar-refractivity contribution in [1.82, 2.24) is 5.32 Å². The van der Waals surface area contributed by atoms with Crippen LogP contribution in [-0.4, -0.2) is 18.3 Å². The minimum absolute atomic E-state index is 0.159. The summed E-state index contributed by atoms with van der Waals surface area (Å²) in [4.78, 5) is 0. The third-order valence-electron chi connectivity index (χ3n) is 4.86. The van der Waals surface area contributed by atoms with E-state index < -0.39 is 5.54 Å². The molecule has 0 spiro atoms. The first-order valence-corrected chi connectivity index (χ1v) is 9.46. The van der Waals surface area contributed by atoms with E-state index in [4.69, 9.17) is 0 Å². The van der Waals surface area contributed by atoms with Gasteiger partial charge in [-0.15, -0.1) is 0 Å². The molecular formula is C25H27NO. The van der Waals surface area contributed by atoms with Crippen LogP contribution >= 0.6 is 0 Å². The highest BCUT2D eigenvalue weighted by atomic mass is 16.3. The quantitative estimate of drug-likeness (QED) is 0.450. The second kappa shape index (κ2) is 9.31. The van der Waals surface area contributed by atoms with Crippen molar-refractivity contribution in [2.75, 3.05) is 13.2 Å². The van der Waals surface area contributed by atoms with Crippen LogP contribution in [0.2, 0.25) is 0 Å². The van der Waals surface area contributed by atoms with Crippen molar-refractivity contribution in [2.45, 2.75) is 12.5 Å². The Morgan fingerprint density at radius 1 is 0.778 bits per heavy atom. The van der Waals surface area contributed by atoms with Gasteiger partial charge in [-0.1, -0.05) is 110 Å². The van der Waals surface area contributed by atoms with Crippen LogP contribution in [0.25, 0.3) is 0 Å². The van der Waals surface area contributed by atoms with Gasteiger partial charge in [-0.3, -0.25) is 5.32 Å². The molecule has 2 heteroatoms. The van der Waals surface area contributed by atoms with Crippen molar-refractivity contribution in [3.63, 3.8) is 0 Å². The highest BCUT2D eigenvalue weighted by molar-refractivity contribution is 5.49. The maximum atomic E-state index is 9.26. The van der Waals surface area contributed by atoms with Crippen molar-refractivity contribution in [3.05, 3.63) is 120 Å². The predicted octanol–water partition coefficient (Wildman–Crippen LogP) is 4.75. The van der Waals surface area contributed by atoms with Crippen LogP contribution in [0.15, 0.2) is 103 Å². The Kier molecular flexibility index (Phi) is 6.59. The molecule has 0 aromatic heterocycles. The lowest BCUT2D eigenvalue weighted by atomic mass is 9.77. The maximum Gasteiger partial charge on any atom is 0.0950 e. The van der Waals surface area contributed by atoms with Crippen molar-refractivity contribution in [3.8, 4) is 0 Å². The van der Waals surface area contributed by atoms with Crippen LogP contribution in [0.4, 0.5) is 0 Å². The molecule has 0 bridgehead atoms. The van der Waals surface area contributed by atoms with Gasteiger partial charge >= 0.3 is 0 Å². The van der Waals surface area contributed by atoms with E-state index in [1.54, 1.807) is 0 Å². The normalized spacial score (nSPS) is 13.0. The van der Waals surface area contributed by atoms with E-state index in [1.807, 2.05) is 25.1 Å². The summed E-state index contributed by atoms with van der Waals surface area (Å²) in [7, 11) is 0. The average molecular weight is 357 g/mol. The molecular weight excluding hydrogens is 330 g/mol. The molecule has 0 saturated carbocycles. The standard InChI is InChI=1S/C25H27NO/c1-21(20-27)12-11-19-26-25(22-13-5-2-6-14-22,23-15-7-3-8-16-23)24-17-9-4-10-18-24/h2-18,21,26-27H,19-20H2,1H3/b12-11+. The SMILES string of the molecule is CC(/C=C/CNC(c1ccccc1)(c1ccccc1)c1ccccc1)CO. The van der Waals surface area contributed by atoms with E-state index in [0.717, 1.165) is 0 Å². The molecule has 2 nitrogen and oxygen atoms in total. The molecule has 138 valence electrons. The number of aliphatic hydroxyl groups is 1. The molecule has 0 radical (unpaired) electrons. The first-order valence-electron chi connectivity index (χ1n) is 9.46. The minimum Gasteiger partial charge on any atom is -0.396 e. The largest absolute Gasteiger partial charge is 0.396 e. The zero-order valence-corrected chi connectivity index (χ0v) is 15.8. The lowest BCUT2D eigenvalue weighted by Gasteiger charge is -2.37. The van der Waals surface area contributed by atoms with Gasteiger partial charge in [-0.25, -0.2) is 0 Å². The zero-order chi connectivity index (χ0) is 19.0. The molecule has 0 aliphatic heterocycles. The number of aliphatic hydroxyl groups excluding tert-OH is 1. The fourth-order valence-electron chi connectivity index (χ4n) is 3.44. The monoisotopic (exact) mass is 357 g/mol. The van der Waals surface area contributed by atoms with Gasteiger partial charge in [-0.2, -0.15) is 0 Å². The van der Waals surface area contributed by atoms with Crippen LogP contribution in [0.1, 0.15) is 23.6 Å².